The van der Waals surface area contributed by atoms with Crippen LogP contribution < -0.4 is 10.6 Å². The van der Waals surface area contributed by atoms with Crippen molar-refractivity contribution in [1.82, 2.24) is 25.7 Å². The van der Waals surface area contributed by atoms with Gasteiger partial charge in [0.05, 0.1) is 11.4 Å². The second kappa shape index (κ2) is 11.4. The van der Waals surface area contributed by atoms with E-state index in [0.717, 1.165) is 11.4 Å². The van der Waals surface area contributed by atoms with Gasteiger partial charge in [0.15, 0.2) is 0 Å². The van der Waals surface area contributed by atoms with Crippen LogP contribution >= 0.6 is 23.2 Å². The number of carbonyl (C=O) groups excluding carboxylic acids is 2. The van der Waals surface area contributed by atoms with E-state index in [1.54, 1.807) is 13.8 Å². The molecule has 34 heavy (non-hydrogen) atoms. The number of rotatable bonds is 10. The van der Waals surface area contributed by atoms with Crippen LogP contribution in [0.3, 0.4) is 0 Å². The molecule has 9 nitrogen and oxygen atoms in total. The summed E-state index contributed by atoms with van der Waals surface area (Å²) in [5, 5.41) is 15.9. The first kappa shape index (κ1) is 25.6. The minimum Gasteiger partial charge on any atom is -0.364 e. The van der Waals surface area contributed by atoms with Crippen LogP contribution in [0.25, 0.3) is 11.1 Å². The summed E-state index contributed by atoms with van der Waals surface area (Å²) in [4.78, 5) is 28.8. The lowest BCUT2D eigenvalue weighted by Crippen LogP contribution is -2.44. The first-order valence-electron chi connectivity index (χ1n) is 10.7. The van der Waals surface area contributed by atoms with Gasteiger partial charge < -0.3 is 15.2 Å². The molecule has 0 aliphatic heterocycles. The van der Waals surface area contributed by atoms with Gasteiger partial charge >= 0.3 is 0 Å². The third-order valence-corrected chi connectivity index (χ3v) is 5.69. The van der Waals surface area contributed by atoms with Gasteiger partial charge in [-0.3, -0.25) is 14.7 Å². The number of H-pyrrole nitrogens is 1. The van der Waals surface area contributed by atoms with Gasteiger partial charge in [-0.1, -0.05) is 12.1 Å². The van der Waals surface area contributed by atoms with E-state index in [1.165, 1.54) is 18.4 Å². The number of aromatic amines is 1. The maximum absolute atomic E-state index is 14.9. The Labute approximate surface area is 205 Å². The van der Waals surface area contributed by atoms with Gasteiger partial charge in [0, 0.05) is 16.8 Å². The number of hydrogen-bond donors (Lipinski definition) is 3. The molecule has 0 aliphatic rings. The minimum atomic E-state index is -0.943. The first-order valence-corrected chi connectivity index (χ1v) is 11.6. The van der Waals surface area contributed by atoms with Gasteiger partial charge in [0.2, 0.25) is 11.9 Å². The molecule has 3 aromatic heterocycles. The Morgan fingerprint density at radius 3 is 2.62 bits per heavy atom. The maximum atomic E-state index is 14.9. The summed E-state index contributed by atoms with van der Waals surface area (Å²) in [7, 11) is 0. The van der Waals surface area contributed by atoms with Crippen molar-refractivity contribution in [2.45, 2.75) is 57.3 Å². The van der Waals surface area contributed by atoms with Crippen LogP contribution in [-0.4, -0.2) is 43.0 Å². The molecular formula is C22H25Cl2FN6O3. The number of hydrogen-bond acceptors (Lipinski definition) is 6. The Balaban J connectivity index is 1.77. The maximum Gasteiger partial charge on any atom is 0.257 e. The lowest BCUT2D eigenvalue weighted by atomic mass is 10.0. The van der Waals surface area contributed by atoms with Crippen LogP contribution in [0.15, 0.2) is 22.9 Å². The summed E-state index contributed by atoms with van der Waals surface area (Å²) in [5.41, 5.74) is 2.97. The third kappa shape index (κ3) is 6.12. The molecule has 0 fully saturated rings. The highest BCUT2D eigenvalue weighted by molar-refractivity contribution is 6.44. The summed E-state index contributed by atoms with van der Waals surface area (Å²) in [5.74, 6) is -1.82. The number of aromatic nitrogens is 4. The van der Waals surface area contributed by atoms with Crippen molar-refractivity contribution in [3.63, 3.8) is 0 Å². The number of pyridine rings is 1. The molecule has 182 valence electrons. The molecule has 0 bridgehead atoms. The fourth-order valence-corrected chi connectivity index (χ4v) is 3.80. The Bertz CT molecular complexity index is 1160. The molecule has 0 spiro atoms. The van der Waals surface area contributed by atoms with E-state index >= 15 is 0 Å². The number of aryl methyl sites for hydroxylation is 3. The summed E-state index contributed by atoms with van der Waals surface area (Å²) in [6.07, 6.45) is 2.98. The van der Waals surface area contributed by atoms with Gasteiger partial charge in [0.1, 0.15) is 28.5 Å². The zero-order chi connectivity index (χ0) is 24.8. The second-order valence-corrected chi connectivity index (χ2v) is 8.99. The van der Waals surface area contributed by atoms with E-state index in [4.69, 9.17) is 27.7 Å². The highest BCUT2D eigenvalue weighted by Gasteiger charge is 2.24. The molecule has 12 heteroatoms. The van der Waals surface area contributed by atoms with E-state index in [1.807, 2.05) is 6.92 Å². The summed E-state index contributed by atoms with van der Waals surface area (Å²) in [6, 6.07) is 2.09. The van der Waals surface area contributed by atoms with Crippen molar-refractivity contribution in [2.24, 2.45) is 0 Å². The van der Waals surface area contributed by atoms with Gasteiger partial charge in [-0.2, -0.15) is 9.49 Å². The lowest BCUT2D eigenvalue weighted by Gasteiger charge is -2.18. The molecule has 3 aromatic rings. The van der Waals surface area contributed by atoms with Crippen LogP contribution in [0.4, 0.5) is 10.2 Å². The highest BCUT2D eigenvalue weighted by Crippen LogP contribution is 2.28. The molecule has 0 radical (unpaired) electrons. The highest BCUT2D eigenvalue weighted by atomic mass is 35.5. The molecule has 3 rings (SSSR count). The quantitative estimate of drug-likeness (QED) is 0.272. The number of carbonyl (C=O) groups is 2. The van der Waals surface area contributed by atoms with Crippen LogP contribution in [0.2, 0.25) is 0 Å². The van der Waals surface area contributed by atoms with E-state index in [2.05, 4.69) is 31.0 Å². The van der Waals surface area contributed by atoms with Crippen molar-refractivity contribution in [3.05, 3.63) is 47.0 Å². The van der Waals surface area contributed by atoms with Crippen LogP contribution in [0, 0.1) is 19.8 Å². The van der Waals surface area contributed by atoms with Crippen LogP contribution in [-0.2, 0) is 11.2 Å². The molecule has 0 aliphatic carbocycles. The molecule has 0 saturated carbocycles. The average Bonchev–Trinajstić information content (AvgIpc) is 3.38. The van der Waals surface area contributed by atoms with E-state index in [-0.39, 0.29) is 23.4 Å². The third-order valence-electron chi connectivity index (χ3n) is 5.26. The summed E-state index contributed by atoms with van der Waals surface area (Å²) in [6.45, 7) is 5.33. The number of anilines is 1. The van der Waals surface area contributed by atoms with Gasteiger partial charge in [-0.25, -0.2) is 4.98 Å². The molecule has 0 unspecified atom stereocenters. The fourth-order valence-electron chi connectivity index (χ4n) is 3.49. The smallest absolute Gasteiger partial charge is 0.257 e. The Morgan fingerprint density at radius 1 is 1.24 bits per heavy atom. The number of halogens is 3. The Kier molecular flexibility index (Phi) is 8.62. The summed E-state index contributed by atoms with van der Waals surface area (Å²) < 4.78 is 19.7. The minimum absolute atomic E-state index is 0.0124. The second-order valence-electron chi connectivity index (χ2n) is 7.71. The SMILES string of the molecule is CCc1n[nH]c(C)c1-c1ccc(NC(=O)[C@H](CCCC(Cl)Cl)NC(=O)c2conc2C)nc1F. The molecule has 3 heterocycles. The predicted octanol–water partition coefficient (Wildman–Crippen LogP) is 4.49. The van der Waals surface area contributed by atoms with Crippen molar-refractivity contribution >= 4 is 40.8 Å². The van der Waals surface area contributed by atoms with E-state index in [9.17, 15) is 14.0 Å². The fraction of sp³-hybridized carbons (Fsp3) is 0.409. The monoisotopic (exact) mass is 510 g/mol. The zero-order valence-corrected chi connectivity index (χ0v) is 20.4. The largest absolute Gasteiger partial charge is 0.364 e. The summed E-state index contributed by atoms with van der Waals surface area (Å²) >= 11 is 11.6. The van der Waals surface area contributed by atoms with Gasteiger partial charge in [-0.05, 0) is 51.7 Å². The van der Waals surface area contributed by atoms with Gasteiger partial charge in [0.25, 0.3) is 5.91 Å². The topological polar surface area (TPSA) is 126 Å². The average molecular weight is 511 g/mol. The molecule has 1 atom stereocenters. The number of nitrogens with one attached hydrogen (secondary N) is 3. The molecular weight excluding hydrogens is 486 g/mol. The van der Waals surface area contributed by atoms with Crippen LogP contribution in [0.1, 0.15) is 53.6 Å². The van der Waals surface area contributed by atoms with E-state index in [0.29, 0.717) is 30.5 Å². The Morgan fingerprint density at radius 2 is 2.00 bits per heavy atom. The first-order chi connectivity index (χ1) is 16.2. The lowest BCUT2D eigenvalue weighted by molar-refractivity contribution is -0.118. The normalized spacial score (nSPS) is 12.1. The zero-order valence-electron chi connectivity index (χ0n) is 18.9. The number of amides is 2. The molecule has 3 N–H and O–H groups in total. The van der Waals surface area contributed by atoms with Crippen molar-refractivity contribution in [3.8, 4) is 11.1 Å². The number of alkyl halides is 2. The van der Waals surface area contributed by atoms with Crippen molar-refractivity contribution in [1.29, 1.82) is 0 Å². The van der Waals surface area contributed by atoms with E-state index < -0.39 is 28.6 Å². The molecule has 2 amide bonds. The predicted molar refractivity (Wildman–Crippen MR) is 126 cm³/mol. The van der Waals surface area contributed by atoms with Gasteiger partial charge in [-0.15, -0.1) is 23.2 Å². The molecule has 0 aromatic carbocycles. The molecule has 0 saturated heterocycles. The van der Waals surface area contributed by atoms with Crippen LogP contribution in [0.5, 0.6) is 0 Å². The van der Waals surface area contributed by atoms with Crippen molar-refractivity contribution in [2.75, 3.05) is 5.32 Å². The Hall–Kier alpha value is -2.98. The standard InChI is InChI=1S/C22H25Cl2FN6O3/c1-4-15-19(12(3)29-30-15)13-8-9-18(27-20(13)25)28-22(33)16(6-5-7-17(23)24)26-21(32)14-10-34-31-11(14)2/h8-10,16-17H,4-7H2,1-3H3,(H,26,32)(H,29,30)(H,27,28,33)/t16-/m0/s1. The number of nitrogens with zero attached hydrogens (tertiary/aromatic N) is 3. The van der Waals surface area contributed by atoms with Crippen molar-refractivity contribution < 1.29 is 18.5 Å².